The van der Waals surface area contributed by atoms with Gasteiger partial charge in [0, 0.05) is 26.5 Å². The van der Waals surface area contributed by atoms with E-state index in [1.54, 1.807) is 21.3 Å². The summed E-state index contributed by atoms with van der Waals surface area (Å²) in [5, 5.41) is 3.18. The topological polar surface area (TPSA) is 27.7 Å². The summed E-state index contributed by atoms with van der Waals surface area (Å²) in [5.41, 5.74) is 1.09. The fraction of sp³-hybridized carbons (Fsp3) is 0.200. The molecule has 0 spiro atoms. The molecule has 0 saturated carbocycles. The molecule has 2 aromatic carbocycles. The van der Waals surface area contributed by atoms with Crippen molar-refractivity contribution in [2.75, 3.05) is 21.3 Å². The smallest absolute Gasteiger partial charge is 0.373 e. The molecule has 100 valence electrons. The molecule has 0 aliphatic heterocycles. The summed E-state index contributed by atoms with van der Waals surface area (Å²) in [5.74, 6) is 0. The summed E-state index contributed by atoms with van der Waals surface area (Å²) >= 11 is 0. The Morgan fingerprint density at radius 2 is 1.47 bits per heavy atom. The second kappa shape index (κ2) is 5.67. The van der Waals surface area contributed by atoms with E-state index < -0.39 is 8.80 Å². The lowest BCUT2D eigenvalue weighted by Crippen LogP contribution is -2.54. The molecule has 0 aromatic heterocycles. The zero-order valence-electron chi connectivity index (χ0n) is 11.5. The highest BCUT2D eigenvalue weighted by atomic mass is 28.4. The summed E-state index contributed by atoms with van der Waals surface area (Å²) in [7, 11) is 2.03. The molecular formula is C15H18O3Si. The third kappa shape index (κ3) is 2.24. The van der Waals surface area contributed by atoms with Gasteiger partial charge in [-0.25, -0.2) is 0 Å². The minimum atomic E-state index is -2.83. The van der Waals surface area contributed by atoms with E-state index in [9.17, 15) is 0 Å². The summed E-state index contributed by atoms with van der Waals surface area (Å²) in [6.45, 7) is 3.85. The van der Waals surface area contributed by atoms with Gasteiger partial charge in [-0.3, -0.25) is 0 Å². The Morgan fingerprint density at radius 3 is 2.05 bits per heavy atom. The van der Waals surface area contributed by atoms with Crippen LogP contribution in [0.3, 0.4) is 0 Å². The van der Waals surface area contributed by atoms with Crippen LogP contribution in [-0.4, -0.2) is 30.1 Å². The van der Waals surface area contributed by atoms with E-state index in [0.717, 1.165) is 21.5 Å². The van der Waals surface area contributed by atoms with Crippen LogP contribution in [0.5, 0.6) is 0 Å². The van der Waals surface area contributed by atoms with Crippen molar-refractivity contribution in [2.24, 2.45) is 0 Å². The maximum Gasteiger partial charge on any atom is 0.537 e. The van der Waals surface area contributed by atoms with Crippen LogP contribution in [0.15, 0.2) is 43.0 Å². The van der Waals surface area contributed by atoms with E-state index in [4.69, 9.17) is 13.3 Å². The minimum Gasteiger partial charge on any atom is -0.373 e. The normalized spacial score (nSPS) is 11.7. The standard InChI is InChI=1S/C15H18O3Si/c1-5-12-8-6-10-14-13(12)9-7-11-15(14)19(16-2,17-3)18-4/h5-11H,1H2,2-4H3. The number of hydrogen-bond donors (Lipinski definition) is 0. The first-order valence-corrected chi connectivity index (χ1v) is 7.75. The van der Waals surface area contributed by atoms with Gasteiger partial charge in [0.05, 0.1) is 0 Å². The molecule has 4 heteroatoms. The molecule has 0 amide bonds. The van der Waals surface area contributed by atoms with Gasteiger partial charge in [0.1, 0.15) is 0 Å². The van der Waals surface area contributed by atoms with Crippen molar-refractivity contribution in [2.45, 2.75) is 0 Å². The molecule has 2 rings (SSSR count). The third-order valence-electron chi connectivity index (χ3n) is 3.31. The lowest BCUT2D eigenvalue weighted by atomic mass is 10.0. The van der Waals surface area contributed by atoms with Gasteiger partial charge >= 0.3 is 8.80 Å². The molecule has 0 aliphatic carbocycles. The Labute approximate surface area is 114 Å². The fourth-order valence-corrected chi connectivity index (χ4v) is 4.37. The quantitative estimate of drug-likeness (QED) is 0.784. The largest absolute Gasteiger partial charge is 0.537 e. The van der Waals surface area contributed by atoms with Crippen molar-refractivity contribution >= 4 is 30.8 Å². The molecule has 0 heterocycles. The van der Waals surface area contributed by atoms with Crippen molar-refractivity contribution in [3.8, 4) is 0 Å². The molecule has 0 atom stereocenters. The zero-order chi connectivity index (χ0) is 13.9. The predicted octanol–water partition coefficient (Wildman–Crippen LogP) is 2.57. The van der Waals surface area contributed by atoms with Crippen LogP contribution >= 0.6 is 0 Å². The highest BCUT2D eigenvalue weighted by molar-refractivity contribution is 6.77. The van der Waals surface area contributed by atoms with Gasteiger partial charge in [-0.2, -0.15) is 0 Å². The lowest BCUT2D eigenvalue weighted by Gasteiger charge is -2.26. The molecule has 0 aliphatic rings. The maximum absolute atomic E-state index is 5.57. The molecule has 0 saturated heterocycles. The van der Waals surface area contributed by atoms with Gasteiger partial charge in [0.2, 0.25) is 0 Å². The van der Waals surface area contributed by atoms with Crippen molar-refractivity contribution in [1.82, 2.24) is 0 Å². The number of benzene rings is 2. The van der Waals surface area contributed by atoms with Gasteiger partial charge in [-0.05, 0) is 16.3 Å². The highest BCUT2D eigenvalue weighted by Gasteiger charge is 2.42. The fourth-order valence-electron chi connectivity index (χ4n) is 2.36. The number of fused-ring (bicyclic) bond motifs is 1. The molecule has 0 N–H and O–H groups in total. The van der Waals surface area contributed by atoms with Crippen molar-refractivity contribution in [1.29, 1.82) is 0 Å². The van der Waals surface area contributed by atoms with Crippen LogP contribution < -0.4 is 5.19 Å². The van der Waals surface area contributed by atoms with E-state index in [2.05, 4.69) is 18.7 Å². The van der Waals surface area contributed by atoms with E-state index in [0.29, 0.717) is 0 Å². The van der Waals surface area contributed by atoms with Gasteiger partial charge in [-0.1, -0.05) is 49.1 Å². The molecule has 0 bridgehead atoms. The van der Waals surface area contributed by atoms with Crippen molar-refractivity contribution in [3.63, 3.8) is 0 Å². The monoisotopic (exact) mass is 274 g/mol. The van der Waals surface area contributed by atoms with Gasteiger partial charge in [0.25, 0.3) is 0 Å². The van der Waals surface area contributed by atoms with Crippen LogP contribution in [0.4, 0.5) is 0 Å². The zero-order valence-corrected chi connectivity index (χ0v) is 12.5. The average molecular weight is 274 g/mol. The third-order valence-corrected chi connectivity index (χ3v) is 6.02. The lowest BCUT2D eigenvalue weighted by molar-refractivity contribution is 0.140. The Bertz CT molecular complexity index is 583. The van der Waals surface area contributed by atoms with E-state index >= 15 is 0 Å². The molecule has 0 unspecified atom stereocenters. The van der Waals surface area contributed by atoms with Gasteiger partial charge in [0.15, 0.2) is 0 Å². The van der Waals surface area contributed by atoms with Crippen LogP contribution in [-0.2, 0) is 13.3 Å². The molecule has 0 radical (unpaired) electrons. The second-order valence-corrected chi connectivity index (χ2v) is 7.00. The van der Waals surface area contributed by atoms with Crippen molar-refractivity contribution < 1.29 is 13.3 Å². The number of rotatable bonds is 5. The molecule has 19 heavy (non-hydrogen) atoms. The Hall–Kier alpha value is -1.46. The Morgan fingerprint density at radius 1 is 0.895 bits per heavy atom. The first-order valence-electron chi connectivity index (χ1n) is 6.02. The average Bonchev–Trinajstić information content (AvgIpc) is 2.49. The van der Waals surface area contributed by atoms with Gasteiger partial charge < -0.3 is 13.3 Å². The molecule has 2 aromatic rings. The molecular weight excluding hydrogens is 256 g/mol. The summed E-state index contributed by atoms with van der Waals surface area (Å²) in [6, 6.07) is 12.1. The van der Waals surface area contributed by atoms with Crippen LogP contribution in [0.1, 0.15) is 5.56 Å². The highest BCUT2D eigenvalue weighted by Crippen LogP contribution is 2.21. The summed E-state index contributed by atoms with van der Waals surface area (Å²) in [4.78, 5) is 0. The number of hydrogen-bond acceptors (Lipinski definition) is 3. The SMILES string of the molecule is C=Cc1cccc2c([Si](OC)(OC)OC)cccc12. The first kappa shape index (κ1) is 14.0. The predicted molar refractivity (Wildman–Crippen MR) is 80.5 cm³/mol. The Balaban J connectivity index is 2.77. The van der Waals surface area contributed by atoms with Crippen LogP contribution in [0, 0.1) is 0 Å². The van der Waals surface area contributed by atoms with Crippen LogP contribution in [0.2, 0.25) is 0 Å². The Kier molecular flexibility index (Phi) is 4.16. The summed E-state index contributed by atoms with van der Waals surface area (Å²) in [6.07, 6.45) is 1.85. The minimum absolute atomic E-state index is 0.973. The maximum atomic E-state index is 5.57. The second-order valence-electron chi connectivity index (χ2n) is 4.12. The van der Waals surface area contributed by atoms with Gasteiger partial charge in [-0.15, -0.1) is 0 Å². The molecule has 0 fully saturated rings. The first-order chi connectivity index (χ1) is 9.22. The van der Waals surface area contributed by atoms with E-state index in [1.165, 1.54) is 0 Å². The molecule has 3 nitrogen and oxygen atoms in total. The van der Waals surface area contributed by atoms with E-state index in [1.807, 2.05) is 30.3 Å². The summed E-state index contributed by atoms with van der Waals surface area (Å²) < 4.78 is 16.7. The van der Waals surface area contributed by atoms with E-state index in [-0.39, 0.29) is 0 Å². The van der Waals surface area contributed by atoms with Crippen LogP contribution in [0.25, 0.3) is 16.8 Å². The van der Waals surface area contributed by atoms with Crippen molar-refractivity contribution in [3.05, 3.63) is 48.5 Å².